The molecule has 0 amide bonds. The van der Waals surface area contributed by atoms with Crippen molar-refractivity contribution < 1.29 is 0 Å². The molecule has 0 unspecified atom stereocenters. The zero-order valence-corrected chi connectivity index (χ0v) is 10.0. The Kier molecular flexibility index (Phi) is 7.04. The van der Waals surface area contributed by atoms with Crippen molar-refractivity contribution in [2.24, 2.45) is 0 Å². The Bertz CT molecular complexity index is 434. The maximum absolute atomic E-state index is 2.23. The molecule has 0 radical (unpaired) electrons. The highest BCUT2D eigenvalue weighted by Crippen LogP contribution is 2.12. The molecular weight excluding hydrogens is 216 g/mol. The van der Waals surface area contributed by atoms with Crippen LogP contribution in [0.2, 0.25) is 0 Å². The van der Waals surface area contributed by atoms with Gasteiger partial charge in [0.05, 0.1) is 0 Å². The summed E-state index contributed by atoms with van der Waals surface area (Å²) in [5.41, 5.74) is 5.51. The normalized spacial score (nSPS) is 9.22. The molecule has 0 bridgehead atoms. The summed E-state index contributed by atoms with van der Waals surface area (Å²) in [6.45, 7) is 4.31. The predicted molar refractivity (Wildman–Crippen MR) is 83.3 cm³/mol. The van der Waals surface area contributed by atoms with Crippen molar-refractivity contribution in [3.63, 3.8) is 0 Å². The van der Waals surface area contributed by atoms with Crippen molar-refractivity contribution in [2.45, 2.75) is 41.5 Å². The van der Waals surface area contributed by atoms with Crippen LogP contribution in [0.25, 0.3) is 0 Å². The number of hydrogen-bond donors (Lipinski definition) is 0. The van der Waals surface area contributed by atoms with E-state index in [1.807, 2.05) is 0 Å². The van der Waals surface area contributed by atoms with Crippen LogP contribution in [0.4, 0.5) is 0 Å². The SMILES string of the molecule is C.C.CCc1ccc(Cc2ccc(C)cc2)cc1. The van der Waals surface area contributed by atoms with E-state index >= 15 is 0 Å². The standard InChI is InChI=1S/C16H18.2CH4/c1-3-14-8-10-16(11-9-14)12-15-6-4-13(2)5-7-15;;/h4-11H,3,12H2,1-2H3;2*1H4. The predicted octanol–water partition coefficient (Wildman–Crippen LogP) is 5.42. The van der Waals surface area contributed by atoms with E-state index in [-0.39, 0.29) is 14.9 Å². The van der Waals surface area contributed by atoms with Gasteiger partial charge in [-0.2, -0.15) is 0 Å². The van der Waals surface area contributed by atoms with Gasteiger partial charge in [-0.05, 0) is 36.5 Å². The highest BCUT2D eigenvalue weighted by Gasteiger charge is 1.96. The molecule has 18 heavy (non-hydrogen) atoms. The van der Waals surface area contributed by atoms with E-state index in [4.69, 9.17) is 0 Å². The van der Waals surface area contributed by atoms with Gasteiger partial charge >= 0.3 is 0 Å². The highest BCUT2D eigenvalue weighted by molar-refractivity contribution is 5.30. The van der Waals surface area contributed by atoms with Crippen molar-refractivity contribution in [3.05, 3.63) is 70.8 Å². The zero-order chi connectivity index (χ0) is 11.4. The van der Waals surface area contributed by atoms with Gasteiger partial charge in [-0.3, -0.25) is 0 Å². The molecule has 2 rings (SSSR count). The molecule has 0 fully saturated rings. The quantitative estimate of drug-likeness (QED) is 0.674. The third-order valence-corrected chi connectivity index (χ3v) is 2.96. The molecule has 0 saturated carbocycles. The molecule has 0 aliphatic heterocycles. The molecule has 2 aromatic carbocycles. The Labute approximate surface area is 113 Å². The average molecular weight is 242 g/mol. The van der Waals surface area contributed by atoms with Crippen molar-refractivity contribution in [1.29, 1.82) is 0 Å². The van der Waals surface area contributed by atoms with E-state index in [2.05, 4.69) is 62.4 Å². The second-order valence-corrected chi connectivity index (χ2v) is 4.33. The van der Waals surface area contributed by atoms with E-state index in [0.717, 1.165) is 12.8 Å². The van der Waals surface area contributed by atoms with Crippen molar-refractivity contribution >= 4 is 0 Å². The summed E-state index contributed by atoms with van der Waals surface area (Å²) in [7, 11) is 0. The van der Waals surface area contributed by atoms with Gasteiger partial charge in [0.25, 0.3) is 0 Å². The Morgan fingerprint density at radius 3 is 1.50 bits per heavy atom. The van der Waals surface area contributed by atoms with Gasteiger partial charge in [-0.15, -0.1) is 0 Å². The second-order valence-electron chi connectivity index (χ2n) is 4.33. The summed E-state index contributed by atoms with van der Waals surface area (Å²) in [5, 5.41) is 0. The molecule has 0 atom stereocenters. The third-order valence-electron chi connectivity index (χ3n) is 2.96. The number of rotatable bonds is 3. The molecule has 0 nitrogen and oxygen atoms in total. The fourth-order valence-electron chi connectivity index (χ4n) is 1.83. The fourth-order valence-corrected chi connectivity index (χ4v) is 1.83. The van der Waals surface area contributed by atoms with Crippen LogP contribution in [0, 0.1) is 6.92 Å². The van der Waals surface area contributed by atoms with Gasteiger partial charge in [0.15, 0.2) is 0 Å². The first-order chi connectivity index (χ1) is 7.78. The fraction of sp³-hybridized carbons (Fsp3) is 0.333. The maximum Gasteiger partial charge on any atom is -0.00258 e. The Morgan fingerprint density at radius 2 is 1.06 bits per heavy atom. The number of hydrogen-bond acceptors (Lipinski definition) is 0. The topological polar surface area (TPSA) is 0 Å². The number of benzene rings is 2. The molecule has 0 heteroatoms. The van der Waals surface area contributed by atoms with Crippen LogP contribution in [-0.4, -0.2) is 0 Å². The van der Waals surface area contributed by atoms with E-state index in [1.165, 1.54) is 22.3 Å². The van der Waals surface area contributed by atoms with Crippen LogP contribution in [-0.2, 0) is 12.8 Å². The van der Waals surface area contributed by atoms with Crippen LogP contribution in [0.3, 0.4) is 0 Å². The van der Waals surface area contributed by atoms with Gasteiger partial charge < -0.3 is 0 Å². The largest absolute Gasteiger partial charge is 0.0776 e. The van der Waals surface area contributed by atoms with Gasteiger partial charge in [-0.1, -0.05) is 75.9 Å². The summed E-state index contributed by atoms with van der Waals surface area (Å²) in [6.07, 6.45) is 2.15. The first-order valence-electron chi connectivity index (χ1n) is 5.91. The van der Waals surface area contributed by atoms with Crippen molar-refractivity contribution in [2.75, 3.05) is 0 Å². The monoisotopic (exact) mass is 242 g/mol. The minimum Gasteiger partial charge on any atom is -0.0776 e. The van der Waals surface area contributed by atoms with Crippen LogP contribution in [0.5, 0.6) is 0 Å². The minimum absolute atomic E-state index is 0. The Hall–Kier alpha value is -1.56. The second kappa shape index (κ2) is 7.71. The lowest BCUT2D eigenvalue weighted by Crippen LogP contribution is -1.89. The first kappa shape index (κ1) is 16.4. The molecular formula is C18H26. The summed E-state index contributed by atoms with van der Waals surface area (Å²) in [4.78, 5) is 0. The maximum atomic E-state index is 2.23. The molecule has 0 aliphatic carbocycles. The highest BCUT2D eigenvalue weighted by atomic mass is 14.0. The summed E-state index contributed by atoms with van der Waals surface area (Å²) >= 11 is 0. The van der Waals surface area contributed by atoms with E-state index in [0.29, 0.717) is 0 Å². The van der Waals surface area contributed by atoms with Crippen LogP contribution >= 0.6 is 0 Å². The molecule has 2 aromatic rings. The smallest absolute Gasteiger partial charge is 0.00258 e. The molecule has 98 valence electrons. The molecule has 0 spiro atoms. The molecule has 0 aromatic heterocycles. The van der Waals surface area contributed by atoms with Crippen LogP contribution < -0.4 is 0 Å². The van der Waals surface area contributed by atoms with Gasteiger partial charge in [0.2, 0.25) is 0 Å². The van der Waals surface area contributed by atoms with Crippen LogP contribution in [0.1, 0.15) is 44.0 Å². The lowest BCUT2D eigenvalue weighted by atomic mass is 10.0. The van der Waals surface area contributed by atoms with Gasteiger partial charge in [-0.25, -0.2) is 0 Å². The molecule has 0 heterocycles. The van der Waals surface area contributed by atoms with Gasteiger partial charge in [0.1, 0.15) is 0 Å². The summed E-state index contributed by atoms with van der Waals surface area (Å²) in [5.74, 6) is 0. The zero-order valence-electron chi connectivity index (χ0n) is 10.0. The van der Waals surface area contributed by atoms with E-state index in [9.17, 15) is 0 Å². The van der Waals surface area contributed by atoms with E-state index in [1.54, 1.807) is 0 Å². The lowest BCUT2D eigenvalue weighted by molar-refractivity contribution is 1.12. The molecule has 0 aliphatic rings. The Balaban J connectivity index is 0.00000144. The minimum atomic E-state index is 0. The molecule has 0 saturated heterocycles. The third kappa shape index (κ3) is 4.37. The number of aryl methyl sites for hydroxylation is 2. The summed E-state index contributed by atoms with van der Waals surface area (Å²) in [6, 6.07) is 17.7. The molecule has 0 N–H and O–H groups in total. The van der Waals surface area contributed by atoms with Crippen molar-refractivity contribution in [1.82, 2.24) is 0 Å². The first-order valence-corrected chi connectivity index (χ1v) is 5.91. The van der Waals surface area contributed by atoms with Crippen LogP contribution in [0.15, 0.2) is 48.5 Å². The lowest BCUT2D eigenvalue weighted by Gasteiger charge is -2.03. The van der Waals surface area contributed by atoms with Crippen molar-refractivity contribution in [3.8, 4) is 0 Å². The Morgan fingerprint density at radius 1 is 0.667 bits per heavy atom. The van der Waals surface area contributed by atoms with E-state index < -0.39 is 0 Å². The summed E-state index contributed by atoms with van der Waals surface area (Å²) < 4.78 is 0. The average Bonchev–Trinajstić information content (AvgIpc) is 2.33. The van der Waals surface area contributed by atoms with Gasteiger partial charge in [0, 0.05) is 0 Å².